The summed E-state index contributed by atoms with van der Waals surface area (Å²) >= 11 is 0. The van der Waals surface area contributed by atoms with E-state index >= 15 is 0 Å². The third kappa shape index (κ3) is 2.28. The van der Waals surface area contributed by atoms with Crippen molar-refractivity contribution in [3.05, 3.63) is 70.8 Å². The van der Waals surface area contributed by atoms with E-state index in [1.54, 1.807) is 31.2 Å². The van der Waals surface area contributed by atoms with E-state index < -0.39 is 17.9 Å². The van der Waals surface area contributed by atoms with Crippen molar-refractivity contribution in [3.63, 3.8) is 0 Å². The Morgan fingerprint density at radius 1 is 0.600 bits per heavy atom. The van der Waals surface area contributed by atoms with Crippen LogP contribution in [0.4, 0.5) is 0 Å². The van der Waals surface area contributed by atoms with E-state index in [1.165, 1.54) is 7.05 Å². The fraction of sp³-hybridized carbons (Fsp3) is 0.143. The summed E-state index contributed by atoms with van der Waals surface area (Å²) in [7, 11) is 1.49. The number of hydrogen-bond acceptors (Lipinski definition) is 5. The number of amides is 4. The van der Waals surface area contributed by atoms with Crippen molar-refractivity contribution in [3.8, 4) is 0 Å². The van der Waals surface area contributed by atoms with Crippen LogP contribution in [0.5, 0.6) is 0 Å². The van der Waals surface area contributed by atoms with E-state index in [2.05, 4.69) is 0 Å². The van der Waals surface area contributed by atoms with Crippen LogP contribution >= 0.6 is 0 Å². The van der Waals surface area contributed by atoms with E-state index in [1.807, 2.05) is 24.3 Å². The number of aliphatic hydroxyl groups is 1. The Kier molecular flexibility index (Phi) is 3.67. The molecular formula is C28H18N2O5. The first kappa shape index (κ1) is 20.1. The minimum Gasteiger partial charge on any atom is -0.392 e. The summed E-state index contributed by atoms with van der Waals surface area (Å²) < 4.78 is 0. The quantitative estimate of drug-likeness (QED) is 0.244. The van der Waals surface area contributed by atoms with Crippen molar-refractivity contribution in [2.75, 3.05) is 13.6 Å². The van der Waals surface area contributed by atoms with Gasteiger partial charge in [0.1, 0.15) is 0 Å². The number of benzene rings is 5. The van der Waals surface area contributed by atoms with Gasteiger partial charge in [-0.1, -0.05) is 24.3 Å². The lowest BCUT2D eigenvalue weighted by Gasteiger charge is -2.29. The van der Waals surface area contributed by atoms with Gasteiger partial charge in [0.15, 0.2) is 0 Å². The largest absolute Gasteiger partial charge is 0.392 e. The maximum absolute atomic E-state index is 13.3. The van der Waals surface area contributed by atoms with Crippen molar-refractivity contribution in [2.24, 2.45) is 0 Å². The summed E-state index contributed by atoms with van der Waals surface area (Å²) in [5, 5.41) is 16.1. The second-order valence-corrected chi connectivity index (χ2v) is 9.38. The molecule has 2 heterocycles. The lowest BCUT2D eigenvalue weighted by atomic mass is 9.82. The summed E-state index contributed by atoms with van der Waals surface area (Å²) in [5.41, 5.74) is 1.80. The van der Waals surface area contributed by atoms with Crippen molar-refractivity contribution in [2.45, 2.75) is 13.0 Å². The van der Waals surface area contributed by atoms with E-state index in [-0.39, 0.29) is 18.4 Å². The van der Waals surface area contributed by atoms with Gasteiger partial charge in [-0.3, -0.25) is 29.0 Å². The Morgan fingerprint density at radius 2 is 0.943 bits per heavy atom. The highest BCUT2D eigenvalue weighted by molar-refractivity contribution is 6.41. The first-order valence-electron chi connectivity index (χ1n) is 11.4. The molecule has 0 fully saturated rings. The molecule has 0 bridgehead atoms. The number of aliphatic hydroxyl groups excluding tert-OH is 1. The molecule has 2 aliphatic heterocycles. The molecule has 7 rings (SSSR count). The number of fused-ring (bicyclic) bond motifs is 2. The Bertz CT molecular complexity index is 1730. The van der Waals surface area contributed by atoms with Crippen LogP contribution in [0.1, 0.15) is 48.4 Å². The summed E-state index contributed by atoms with van der Waals surface area (Å²) in [4.78, 5) is 54.6. The number of hydrogen-bond donors (Lipinski definition) is 1. The lowest BCUT2D eigenvalue weighted by Crippen LogP contribution is -2.43. The number of rotatable bonds is 2. The minimum absolute atomic E-state index is 0.0771. The van der Waals surface area contributed by atoms with E-state index in [0.717, 1.165) is 42.1 Å². The van der Waals surface area contributed by atoms with Gasteiger partial charge in [-0.15, -0.1) is 0 Å². The van der Waals surface area contributed by atoms with Crippen molar-refractivity contribution < 1.29 is 24.3 Å². The molecule has 5 aromatic rings. The standard InChI is InChI=1S/C28H18N2O5/c1-12(31)11-30-27(34)19-9-5-15-13-3-7-17-23-18(26(33)29(2)25(17)32)8-4-14(21(13)23)16-6-10-20(28(30)35)24(19)22(15)16/h3-10,12,31H,11H2,1-2H3. The van der Waals surface area contributed by atoms with Crippen LogP contribution in [-0.2, 0) is 0 Å². The maximum Gasteiger partial charge on any atom is 0.261 e. The highest BCUT2D eigenvalue weighted by Gasteiger charge is 2.36. The topological polar surface area (TPSA) is 95.0 Å². The molecular weight excluding hydrogens is 444 g/mol. The lowest BCUT2D eigenvalue weighted by molar-refractivity contribution is 0.0519. The van der Waals surface area contributed by atoms with Gasteiger partial charge < -0.3 is 5.11 Å². The number of carbonyl (C=O) groups excluding carboxylic acids is 4. The van der Waals surface area contributed by atoms with Gasteiger partial charge in [-0.05, 0) is 63.5 Å². The Balaban J connectivity index is 1.65. The van der Waals surface area contributed by atoms with Gasteiger partial charge in [-0.2, -0.15) is 0 Å². The average Bonchev–Trinajstić information content (AvgIpc) is 2.85. The summed E-state index contributed by atoms with van der Waals surface area (Å²) in [6.45, 7) is 1.46. The Hall–Kier alpha value is -4.36. The van der Waals surface area contributed by atoms with Gasteiger partial charge in [-0.25, -0.2) is 0 Å². The first-order valence-corrected chi connectivity index (χ1v) is 11.4. The molecule has 7 heteroatoms. The third-order valence-electron chi connectivity index (χ3n) is 7.37. The van der Waals surface area contributed by atoms with Crippen LogP contribution in [0.15, 0.2) is 48.5 Å². The molecule has 0 aliphatic carbocycles. The first-order chi connectivity index (χ1) is 16.8. The molecule has 0 radical (unpaired) electrons. The number of imide groups is 2. The Morgan fingerprint density at radius 3 is 1.29 bits per heavy atom. The molecule has 1 N–H and O–H groups in total. The number of nitrogens with zero attached hydrogens (tertiary/aromatic N) is 2. The molecule has 0 aromatic heterocycles. The van der Waals surface area contributed by atoms with Gasteiger partial charge >= 0.3 is 0 Å². The Labute approximate surface area is 198 Å². The second-order valence-electron chi connectivity index (χ2n) is 9.38. The highest BCUT2D eigenvalue weighted by Crippen LogP contribution is 2.46. The van der Waals surface area contributed by atoms with E-state index in [4.69, 9.17) is 0 Å². The van der Waals surface area contributed by atoms with Crippen molar-refractivity contribution in [1.29, 1.82) is 0 Å². The average molecular weight is 462 g/mol. The zero-order valence-electron chi connectivity index (χ0n) is 18.9. The zero-order chi connectivity index (χ0) is 24.3. The molecule has 5 aromatic carbocycles. The molecule has 0 saturated heterocycles. The van der Waals surface area contributed by atoms with Crippen LogP contribution in [0, 0.1) is 0 Å². The van der Waals surface area contributed by atoms with Crippen LogP contribution < -0.4 is 0 Å². The van der Waals surface area contributed by atoms with Crippen LogP contribution in [0.2, 0.25) is 0 Å². The summed E-state index contributed by atoms with van der Waals surface area (Å²) in [6, 6.07) is 14.4. The maximum atomic E-state index is 13.3. The normalized spacial score (nSPS) is 16.5. The molecule has 170 valence electrons. The fourth-order valence-corrected chi connectivity index (χ4v) is 5.87. The monoisotopic (exact) mass is 462 g/mol. The molecule has 1 unspecified atom stereocenters. The van der Waals surface area contributed by atoms with Crippen LogP contribution in [0.3, 0.4) is 0 Å². The van der Waals surface area contributed by atoms with Gasteiger partial charge in [0.05, 0.1) is 12.6 Å². The van der Waals surface area contributed by atoms with Crippen molar-refractivity contribution >= 4 is 66.7 Å². The summed E-state index contributed by atoms with van der Waals surface area (Å²) in [6.07, 6.45) is -0.840. The van der Waals surface area contributed by atoms with Crippen LogP contribution in [-0.4, -0.2) is 58.2 Å². The molecule has 0 spiro atoms. The van der Waals surface area contributed by atoms with Gasteiger partial charge in [0.2, 0.25) is 0 Å². The predicted molar refractivity (Wildman–Crippen MR) is 131 cm³/mol. The van der Waals surface area contributed by atoms with Gasteiger partial charge in [0, 0.05) is 40.1 Å². The van der Waals surface area contributed by atoms with Gasteiger partial charge in [0.25, 0.3) is 23.6 Å². The molecule has 7 nitrogen and oxygen atoms in total. The zero-order valence-corrected chi connectivity index (χ0v) is 18.9. The molecule has 1 atom stereocenters. The van der Waals surface area contributed by atoms with E-state index in [0.29, 0.717) is 33.0 Å². The fourth-order valence-electron chi connectivity index (χ4n) is 5.87. The SMILES string of the molecule is CC(O)CN1C(=O)c2ccc3c4ccc5c6c(ccc(c7ccc(c2c37)C1=O)c64)C(=O)N(C)C5=O. The summed E-state index contributed by atoms with van der Waals surface area (Å²) in [5.74, 6) is -1.53. The molecule has 2 aliphatic rings. The number of carbonyl (C=O) groups is 4. The molecule has 4 amide bonds. The van der Waals surface area contributed by atoms with Crippen molar-refractivity contribution in [1.82, 2.24) is 9.80 Å². The predicted octanol–water partition coefficient (Wildman–Crippen LogP) is 3.94. The number of β-amino-alcohol motifs (C(OH)–C–C–N with tert-alkyl or cyclic N) is 1. The molecule has 35 heavy (non-hydrogen) atoms. The second kappa shape index (κ2) is 6.40. The smallest absolute Gasteiger partial charge is 0.261 e. The molecule has 0 saturated carbocycles. The van der Waals surface area contributed by atoms with E-state index in [9.17, 15) is 24.3 Å². The highest BCUT2D eigenvalue weighted by atomic mass is 16.3. The van der Waals surface area contributed by atoms with Crippen LogP contribution in [0.25, 0.3) is 43.1 Å². The third-order valence-corrected chi connectivity index (χ3v) is 7.37. The minimum atomic E-state index is -0.840.